The van der Waals surface area contributed by atoms with Gasteiger partial charge in [0.25, 0.3) is 5.91 Å². The fraction of sp³-hybridized carbons (Fsp3) is 0.455. The van der Waals surface area contributed by atoms with E-state index >= 15 is 0 Å². The Morgan fingerprint density at radius 3 is 3.12 bits per heavy atom. The van der Waals surface area contributed by atoms with Crippen LogP contribution in [0.25, 0.3) is 4.96 Å². The Bertz CT molecular complexity index is 460. The highest BCUT2D eigenvalue weighted by Crippen LogP contribution is 2.12. The number of hydrogen-bond donors (Lipinski definition) is 0. The number of imidazole rings is 1. The van der Waals surface area contributed by atoms with Crippen LogP contribution in [0.3, 0.4) is 0 Å². The molecule has 0 aliphatic carbocycles. The van der Waals surface area contributed by atoms with Crippen LogP contribution in [0, 0.1) is 0 Å². The lowest BCUT2D eigenvalue weighted by atomic mass is 10.3. The molecule has 2 heterocycles. The van der Waals surface area contributed by atoms with Crippen LogP contribution in [-0.2, 0) is 0 Å². The Labute approximate surface area is 98.5 Å². The average molecular weight is 237 g/mol. The van der Waals surface area contributed by atoms with Gasteiger partial charge in [0, 0.05) is 31.4 Å². The number of hydrogen-bond acceptors (Lipinski definition) is 3. The standard InChI is InChI=1S/C11H15N3OS/c1-3-4-5-13(2)10(15)9-8-14-6-7-16-11(14)12-9/h6-8H,3-5H2,1-2H3. The Morgan fingerprint density at radius 2 is 2.44 bits per heavy atom. The lowest BCUT2D eigenvalue weighted by Gasteiger charge is -2.14. The zero-order valence-corrected chi connectivity index (χ0v) is 10.3. The molecule has 0 saturated heterocycles. The molecule has 0 atom stereocenters. The first-order valence-corrected chi connectivity index (χ1v) is 6.28. The largest absolute Gasteiger partial charge is 0.340 e. The van der Waals surface area contributed by atoms with Gasteiger partial charge in [-0.15, -0.1) is 11.3 Å². The van der Waals surface area contributed by atoms with Gasteiger partial charge in [0.05, 0.1) is 0 Å². The van der Waals surface area contributed by atoms with E-state index in [1.54, 1.807) is 11.1 Å². The summed E-state index contributed by atoms with van der Waals surface area (Å²) < 4.78 is 1.88. The zero-order chi connectivity index (χ0) is 11.5. The summed E-state index contributed by atoms with van der Waals surface area (Å²) in [5, 5.41) is 1.96. The van der Waals surface area contributed by atoms with E-state index in [4.69, 9.17) is 0 Å². The molecular formula is C11H15N3OS. The number of fused-ring (bicyclic) bond motifs is 1. The number of nitrogens with zero attached hydrogens (tertiary/aromatic N) is 3. The second kappa shape index (κ2) is 4.65. The summed E-state index contributed by atoms with van der Waals surface area (Å²) in [6.45, 7) is 2.91. The quantitative estimate of drug-likeness (QED) is 0.818. The molecule has 0 N–H and O–H groups in total. The lowest BCUT2D eigenvalue weighted by Crippen LogP contribution is -2.27. The van der Waals surface area contributed by atoms with Crippen LogP contribution in [0.4, 0.5) is 0 Å². The number of aromatic nitrogens is 2. The third-order valence-corrected chi connectivity index (χ3v) is 3.28. The molecular weight excluding hydrogens is 222 g/mol. The minimum absolute atomic E-state index is 0.00403. The second-order valence-corrected chi connectivity index (χ2v) is 4.67. The minimum Gasteiger partial charge on any atom is -0.340 e. The van der Waals surface area contributed by atoms with E-state index in [2.05, 4.69) is 11.9 Å². The van der Waals surface area contributed by atoms with Crippen LogP contribution in [0.2, 0.25) is 0 Å². The van der Waals surface area contributed by atoms with Gasteiger partial charge in [-0.25, -0.2) is 4.98 Å². The van der Waals surface area contributed by atoms with E-state index in [-0.39, 0.29) is 5.91 Å². The molecule has 0 unspecified atom stereocenters. The average Bonchev–Trinajstić information content (AvgIpc) is 2.84. The van der Waals surface area contributed by atoms with Crippen molar-refractivity contribution < 1.29 is 4.79 Å². The van der Waals surface area contributed by atoms with E-state index in [1.807, 2.05) is 23.0 Å². The van der Waals surface area contributed by atoms with E-state index in [0.717, 1.165) is 24.3 Å². The molecule has 0 aliphatic heterocycles. The molecule has 2 aromatic heterocycles. The van der Waals surface area contributed by atoms with Gasteiger partial charge in [0.15, 0.2) is 4.96 Å². The van der Waals surface area contributed by atoms with Crippen LogP contribution in [-0.4, -0.2) is 33.8 Å². The SMILES string of the molecule is CCCCN(C)C(=O)c1cn2ccsc2n1. The Balaban J connectivity index is 2.12. The maximum Gasteiger partial charge on any atom is 0.273 e. The number of thiazole rings is 1. The highest BCUT2D eigenvalue weighted by molar-refractivity contribution is 7.15. The Morgan fingerprint density at radius 1 is 1.62 bits per heavy atom. The molecule has 16 heavy (non-hydrogen) atoms. The van der Waals surface area contributed by atoms with Gasteiger partial charge < -0.3 is 4.90 Å². The minimum atomic E-state index is 0.00403. The molecule has 0 saturated carbocycles. The molecule has 0 fully saturated rings. The third-order valence-electron chi connectivity index (χ3n) is 2.51. The van der Waals surface area contributed by atoms with E-state index < -0.39 is 0 Å². The van der Waals surface area contributed by atoms with Crippen molar-refractivity contribution in [1.29, 1.82) is 0 Å². The van der Waals surface area contributed by atoms with Crippen molar-refractivity contribution in [3.8, 4) is 0 Å². The third kappa shape index (κ3) is 2.09. The number of amides is 1. The van der Waals surface area contributed by atoms with Gasteiger partial charge in [-0.1, -0.05) is 13.3 Å². The fourth-order valence-electron chi connectivity index (χ4n) is 1.52. The number of rotatable bonds is 4. The smallest absolute Gasteiger partial charge is 0.273 e. The first-order valence-electron chi connectivity index (χ1n) is 5.40. The second-order valence-electron chi connectivity index (χ2n) is 3.80. The van der Waals surface area contributed by atoms with E-state index in [0.29, 0.717) is 5.69 Å². The van der Waals surface area contributed by atoms with Crippen LogP contribution >= 0.6 is 11.3 Å². The molecule has 2 rings (SSSR count). The van der Waals surface area contributed by atoms with Gasteiger partial charge in [-0.3, -0.25) is 9.20 Å². The van der Waals surface area contributed by atoms with Crippen molar-refractivity contribution in [1.82, 2.24) is 14.3 Å². The summed E-state index contributed by atoms with van der Waals surface area (Å²) in [6.07, 6.45) is 5.83. The number of carbonyl (C=O) groups is 1. The molecule has 0 radical (unpaired) electrons. The first kappa shape index (κ1) is 11.1. The molecule has 4 nitrogen and oxygen atoms in total. The molecule has 0 bridgehead atoms. The maximum atomic E-state index is 12.0. The summed E-state index contributed by atoms with van der Waals surface area (Å²) in [5.74, 6) is 0.00403. The summed E-state index contributed by atoms with van der Waals surface area (Å²) in [4.78, 5) is 18.9. The summed E-state index contributed by atoms with van der Waals surface area (Å²) in [6, 6.07) is 0. The highest BCUT2D eigenvalue weighted by Gasteiger charge is 2.15. The molecule has 86 valence electrons. The summed E-state index contributed by atoms with van der Waals surface area (Å²) in [7, 11) is 1.82. The topological polar surface area (TPSA) is 37.6 Å². The van der Waals surface area contributed by atoms with Crippen LogP contribution < -0.4 is 0 Å². The molecule has 0 aliphatic rings. The van der Waals surface area contributed by atoms with Gasteiger partial charge in [0.1, 0.15) is 5.69 Å². The first-order chi connectivity index (χ1) is 7.72. The normalized spacial score (nSPS) is 10.9. The van der Waals surface area contributed by atoms with Crippen molar-refractivity contribution >= 4 is 22.2 Å². The van der Waals surface area contributed by atoms with Crippen molar-refractivity contribution in [3.05, 3.63) is 23.5 Å². The Hall–Kier alpha value is -1.36. The van der Waals surface area contributed by atoms with E-state index in [1.165, 1.54) is 11.3 Å². The van der Waals surface area contributed by atoms with Gasteiger partial charge in [-0.2, -0.15) is 0 Å². The van der Waals surface area contributed by atoms with Crippen molar-refractivity contribution in [3.63, 3.8) is 0 Å². The predicted octanol–water partition coefficient (Wildman–Crippen LogP) is 2.27. The summed E-state index contributed by atoms with van der Waals surface area (Å²) >= 11 is 1.54. The maximum absolute atomic E-state index is 12.0. The Kier molecular flexibility index (Phi) is 3.24. The molecule has 0 spiro atoms. The van der Waals surface area contributed by atoms with Gasteiger partial charge in [0.2, 0.25) is 0 Å². The molecule has 0 aromatic carbocycles. The van der Waals surface area contributed by atoms with Gasteiger partial charge >= 0.3 is 0 Å². The number of unbranched alkanes of at least 4 members (excludes halogenated alkanes) is 1. The summed E-state index contributed by atoms with van der Waals surface area (Å²) in [5.41, 5.74) is 0.533. The molecule has 5 heteroatoms. The molecule has 2 aromatic rings. The molecule has 1 amide bonds. The van der Waals surface area contributed by atoms with Crippen LogP contribution in [0.1, 0.15) is 30.3 Å². The predicted molar refractivity (Wildman–Crippen MR) is 64.9 cm³/mol. The van der Waals surface area contributed by atoms with Crippen LogP contribution in [0.15, 0.2) is 17.8 Å². The monoisotopic (exact) mass is 237 g/mol. The van der Waals surface area contributed by atoms with Crippen LogP contribution in [0.5, 0.6) is 0 Å². The van der Waals surface area contributed by atoms with Crippen molar-refractivity contribution in [2.24, 2.45) is 0 Å². The van der Waals surface area contributed by atoms with E-state index in [9.17, 15) is 4.79 Å². The van der Waals surface area contributed by atoms with Crippen molar-refractivity contribution in [2.75, 3.05) is 13.6 Å². The highest BCUT2D eigenvalue weighted by atomic mass is 32.1. The van der Waals surface area contributed by atoms with Crippen molar-refractivity contribution in [2.45, 2.75) is 19.8 Å². The number of carbonyl (C=O) groups excluding carboxylic acids is 1. The zero-order valence-electron chi connectivity index (χ0n) is 9.51. The van der Waals surface area contributed by atoms with Gasteiger partial charge in [-0.05, 0) is 6.42 Å². The fourth-order valence-corrected chi connectivity index (χ4v) is 2.22. The lowest BCUT2D eigenvalue weighted by molar-refractivity contribution is 0.0788.